The number of carbonyl (C=O) groups is 1. The van der Waals surface area contributed by atoms with Gasteiger partial charge in [0.2, 0.25) is 5.91 Å². The van der Waals surface area contributed by atoms with E-state index in [-0.39, 0.29) is 11.9 Å². The first-order valence-electron chi connectivity index (χ1n) is 6.83. The molecular formula is C15H18N4O. The van der Waals surface area contributed by atoms with Crippen LogP contribution in [-0.4, -0.2) is 21.7 Å². The Labute approximate surface area is 118 Å². The predicted octanol–water partition coefficient (Wildman–Crippen LogP) is 1.46. The van der Waals surface area contributed by atoms with Crippen molar-refractivity contribution >= 4 is 11.6 Å². The Hall–Kier alpha value is -2.30. The second-order valence-corrected chi connectivity index (χ2v) is 5.09. The van der Waals surface area contributed by atoms with E-state index in [0.29, 0.717) is 6.54 Å². The molecule has 2 aromatic rings. The van der Waals surface area contributed by atoms with Crippen molar-refractivity contribution < 1.29 is 4.79 Å². The van der Waals surface area contributed by atoms with Crippen molar-refractivity contribution in [2.75, 3.05) is 5.32 Å². The quantitative estimate of drug-likeness (QED) is 0.888. The maximum atomic E-state index is 12.2. The summed E-state index contributed by atoms with van der Waals surface area (Å²) in [6.45, 7) is 0.472. The van der Waals surface area contributed by atoms with Crippen molar-refractivity contribution in [1.29, 1.82) is 0 Å². The summed E-state index contributed by atoms with van der Waals surface area (Å²) in [5.74, 6) is 0.0326. The molecule has 0 aliphatic carbocycles. The molecule has 0 saturated carbocycles. The summed E-state index contributed by atoms with van der Waals surface area (Å²) in [4.78, 5) is 12.2. The summed E-state index contributed by atoms with van der Waals surface area (Å²) in [5, 5.41) is 10.5. The smallest absolute Gasteiger partial charge is 0.242 e. The van der Waals surface area contributed by atoms with Gasteiger partial charge in [0.05, 0.1) is 12.2 Å². The van der Waals surface area contributed by atoms with Crippen LogP contribution in [0.15, 0.2) is 36.5 Å². The van der Waals surface area contributed by atoms with Crippen LogP contribution in [-0.2, 0) is 24.8 Å². The third-order valence-electron chi connectivity index (χ3n) is 3.58. The number of nitrogens with one attached hydrogen (secondary N) is 2. The van der Waals surface area contributed by atoms with Crippen LogP contribution in [0, 0.1) is 0 Å². The molecule has 1 aliphatic heterocycles. The van der Waals surface area contributed by atoms with Crippen LogP contribution in [0.25, 0.3) is 0 Å². The Morgan fingerprint density at radius 2 is 2.30 bits per heavy atom. The van der Waals surface area contributed by atoms with Crippen molar-refractivity contribution in [1.82, 2.24) is 15.1 Å². The fraction of sp³-hybridized carbons (Fsp3) is 0.333. The first kappa shape index (κ1) is 12.7. The third-order valence-corrected chi connectivity index (χ3v) is 3.58. The fourth-order valence-corrected chi connectivity index (χ4v) is 2.49. The second kappa shape index (κ2) is 5.36. The van der Waals surface area contributed by atoms with Crippen molar-refractivity contribution in [3.63, 3.8) is 0 Å². The lowest BCUT2D eigenvalue weighted by molar-refractivity contribution is -0.122. The number of rotatable bonds is 3. The SMILES string of the molecule is Cn1ccc(CNC(=O)C2CCc3ccccc3N2)n1. The van der Waals surface area contributed by atoms with E-state index < -0.39 is 0 Å². The highest BCUT2D eigenvalue weighted by molar-refractivity contribution is 5.85. The van der Waals surface area contributed by atoms with Crippen molar-refractivity contribution in [2.24, 2.45) is 7.05 Å². The van der Waals surface area contributed by atoms with Crippen molar-refractivity contribution in [2.45, 2.75) is 25.4 Å². The highest BCUT2D eigenvalue weighted by atomic mass is 16.2. The number of aryl methyl sites for hydroxylation is 2. The number of benzene rings is 1. The Morgan fingerprint density at radius 1 is 1.45 bits per heavy atom. The molecule has 5 heteroatoms. The molecule has 104 valence electrons. The van der Waals surface area contributed by atoms with Crippen LogP contribution in [0.3, 0.4) is 0 Å². The Bertz CT molecular complexity index is 620. The number of para-hydroxylation sites is 1. The van der Waals surface area contributed by atoms with Gasteiger partial charge in [0.25, 0.3) is 0 Å². The molecule has 1 amide bonds. The van der Waals surface area contributed by atoms with Gasteiger partial charge in [-0.25, -0.2) is 0 Å². The van der Waals surface area contributed by atoms with Crippen molar-refractivity contribution in [3.8, 4) is 0 Å². The van der Waals surface area contributed by atoms with Crippen LogP contribution in [0.5, 0.6) is 0 Å². The molecule has 2 N–H and O–H groups in total. The molecule has 0 fully saturated rings. The predicted molar refractivity (Wildman–Crippen MR) is 77.2 cm³/mol. The number of hydrogen-bond acceptors (Lipinski definition) is 3. The molecule has 20 heavy (non-hydrogen) atoms. The monoisotopic (exact) mass is 270 g/mol. The summed E-state index contributed by atoms with van der Waals surface area (Å²) in [7, 11) is 1.87. The van der Waals surface area contributed by atoms with Crippen LogP contribution in [0.1, 0.15) is 17.7 Å². The van der Waals surface area contributed by atoms with Gasteiger partial charge >= 0.3 is 0 Å². The molecule has 0 bridgehead atoms. The maximum absolute atomic E-state index is 12.2. The van der Waals surface area contributed by atoms with Crippen LogP contribution >= 0.6 is 0 Å². The van der Waals surface area contributed by atoms with E-state index in [0.717, 1.165) is 24.2 Å². The summed E-state index contributed by atoms with van der Waals surface area (Å²) >= 11 is 0. The number of carbonyl (C=O) groups excluding carboxylic acids is 1. The van der Waals surface area contributed by atoms with Gasteiger partial charge in [0.15, 0.2) is 0 Å². The van der Waals surface area contributed by atoms with Gasteiger partial charge in [-0.05, 0) is 30.5 Å². The fourth-order valence-electron chi connectivity index (χ4n) is 2.49. The number of aromatic nitrogens is 2. The lowest BCUT2D eigenvalue weighted by Crippen LogP contribution is -2.41. The number of anilines is 1. The first-order valence-corrected chi connectivity index (χ1v) is 6.83. The van der Waals surface area contributed by atoms with E-state index in [1.165, 1.54) is 5.56 Å². The number of amides is 1. The maximum Gasteiger partial charge on any atom is 0.242 e. The minimum atomic E-state index is -0.159. The van der Waals surface area contributed by atoms with Crippen LogP contribution < -0.4 is 10.6 Å². The summed E-state index contributed by atoms with van der Waals surface area (Å²) < 4.78 is 1.73. The molecule has 1 atom stereocenters. The van der Waals surface area contributed by atoms with E-state index in [1.54, 1.807) is 4.68 Å². The topological polar surface area (TPSA) is 59.0 Å². The molecule has 2 heterocycles. The van der Waals surface area contributed by atoms with Gasteiger partial charge in [0.1, 0.15) is 6.04 Å². The third kappa shape index (κ3) is 2.66. The summed E-state index contributed by atoms with van der Waals surface area (Å²) in [6, 6.07) is 9.89. The molecule has 1 aliphatic rings. The molecule has 0 radical (unpaired) electrons. The average Bonchev–Trinajstić information content (AvgIpc) is 2.90. The van der Waals surface area contributed by atoms with E-state index in [4.69, 9.17) is 0 Å². The second-order valence-electron chi connectivity index (χ2n) is 5.09. The van der Waals surface area contributed by atoms with Crippen LogP contribution in [0.4, 0.5) is 5.69 Å². The van der Waals surface area contributed by atoms with Gasteiger partial charge < -0.3 is 10.6 Å². The number of nitrogens with zero attached hydrogens (tertiary/aromatic N) is 2. The largest absolute Gasteiger partial charge is 0.373 e. The normalized spacial score (nSPS) is 17.1. The average molecular weight is 270 g/mol. The zero-order valence-electron chi connectivity index (χ0n) is 11.5. The lowest BCUT2D eigenvalue weighted by atomic mass is 9.98. The molecule has 1 aromatic heterocycles. The molecule has 3 rings (SSSR count). The Morgan fingerprint density at radius 3 is 3.10 bits per heavy atom. The lowest BCUT2D eigenvalue weighted by Gasteiger charge is -2.26. The minimum absolute atomic E-state index is 0.0326. The highest BCUT2D eigenvalue weighted by Gasteiger charge is 2.23. The minimum Gasteiger partial charge on any atom is -0.373 e. The van der Waals surface area contributed by atoms with E-state index >= 15 is 0 Å². The molecule has 5 nitrogen and oxygen atoms in total. The Kier molecular flexibility index (Phi) is 3.41. The standard InChI is InChI=1S/C15H18N4O/c1-19-9-8-12(18-19)10-16-15(20)14-7-6-11-4-2-3-5-13(11)17-14/h2-5,8-9,14,17H,6-7,10H2,1H3,(H,16,20). The molecule has 1 unspecified atom stereocenters. The summed E-state index contributed by atoms with van der Waals surface area (Å²) in [6.07, 6.45) is 3.63. The summed E-state index contributed by atoms with van der Waals surface area (Å²) in [5.41, 5.74) is 3.22. The molecule has 1 aromatic carbocycles. The molecular weight excluding hydrogens is 252 g/mol. The zero-order chi connectivity index (χ0) is 13.9. The van der Waals surface area contributed by atoms with E-state index in [2.05, 4.69) is 21.8 Å². The molecule has 0 saturated heterocycles. The first-order chi connectivity index (χ1) is 9.72. The van der Waals surface area contributed by atoms with Crippen molar-refractivity contribution in [3.05, 3.63) is 47.8 Å². The zero-order valence-corrected chi connectivity index (χ0v) is 11.5. The van der Waals surface area contributed by atoms with Gasteiger partial charge in [-0.1, -0.05) is 18.2 Å². The van der Waals surface area contributed by atoms with Gasteiger partial charge in [-0.15, -0.1) is 0 Å². The Balaban J connectivity index is 1.59. The molecule has 0 spiro atoms. The van der Waals surface area contributed by atoms with Gasteiger partial charge in [-0.2, -0.15) is 5.10 Å². The van der Waals surface area contributed by atoms with E-state index in [1.807, 2.05) is 37.5 Å². The van der Waals surface area contributed by atoms with Crippen LogP contribution in [0.2, 0.25) is 0 Å². The number of fused-ring (bicyclic) bond motifs is 1. The highest BCUT2D eigenvalue weighted by Crippen LogP contribution is 2.24. The van der Waals surface area contributed by atoms with Gasteiger partial charge in [0, 0.05) is 18.9 Å². The van der Waals surface area contributed by atoms with Gasteiger partial charge in [-0.3, -0.25) is 9.48 Å². The van der Waals surface area contributed by atoms with E-state index in [9.17, 15) is 4.79 Å². The number of hydrogen-bond donors (Lipinski definition) is 2.